The molecule has 94 valence electrons. The van der Waals surface area contributed by atoms with Gasteiger partial charge in [0.15, 0.2) is 0 Å². The van der Waals surface area contributed by atoms with Gasteiger partial charge in [-0.3, -0.25) is 4.79 Å². The lowest BCUT2D eigenvalue weighted by molar-refractivity contribution is 0.0701. The van der Waals surface area contributed by atoms with Crippen LogP contribution in [0.15, 0.2) is 12.1 Å². The molecule has 0 spiro atoms. The predicted molar refractivity (Wildman–Crippen MR) is 64.6 cm³/mol. The number of aliphatic hydroxyl groups excluding tert-OH is 1. The molecule has 0 saturated heterocycles. The fourth-order valence-electron chi connectivity index (χ4n) is 1.39. The third-order valence-electron chi connectivity index (χ3n) is 2.28. The number of carboxylic acids is 1. The third-order valence-corrected chi connectivity index (χ3v) is 3.34. The summed E-state index contributed by atoms with van der Waals surface area (Å²) in [6.45, 7) is 2.90. The van der Waals surface area contributed by atoms with Crippen molar-refractivity contribution in [2.75, 3.05) is 19.7 Å². The molecule has 6 heteroatoms. The lowest BCUT2D eigenvalue weighted by Crippen LogP contribution is -2.31. The number of carboxylic acid groups (broad SMARTS) is 1. The summed E-state index contributed by atoms with van der Waals surface area (Å²) in [5, 5.41) is 17.5. The Morgan fingerprint density at radius 1 is 1.35 bits per heavy atom. The van der Waals surface area contributed by atoms with E-state index in [0.717, 1.165) is 11.3 Å². The van der Waals surface area contributed by atoms with Crippen LogP contribution in [-0.4, -0.2) is 46.7 Å². The molecular formula is C11H15NO4S. The molecule has 0 radical (unpaired) electrons. The number of thiophene rings is 1. The summed E-state index contributed by atoms with van der Waals surface area (Å²) in [7, 11) is 0. The predicted octanol–water partition coefficient (Wildman–Crippen LogP) is 1.29. The first-order valence-corrected chi connectivity index (χ1v) is 6.15. The summed E-state index contributed by atoms with van der Waals surface area (Å²) in [5.74, 6) is -1.20. The molecule has 0 aliphatic rings. The van der Waals surface area contributed by atoms with Crippen LogP contribution in [-0.2, 0) is 0 Å². The largest absolute Gasteiger partial charge is 0.477 e. The number of aromatic carboxylic acids is 1. The lowest BCUT2D eigenvalue weighted by Gasteiger charge is -2.19. The number of amides is 1. The number of rotatable bonds is 6. The second kappa shape index (κ2) is 6.36. The van der Waals surface area contributed by atoms with Gasteiger partial charge in [0.05, 0.1) is 4.88 Å². The minimum Gasteiger partial charge on any atom is -0.477 e. The number of carbonyl (C=O) groups is 2. The van der Waals surface area contributed by atoms with Gasteiger partial charge < -0.3 is 15.1 Å². The SMILES string of the molecule is CCN(CCCO)C(=O)c1ccc(C(=O)O)s1. The standard InChI is InChI=1S/C11H15NO4S/c1-2-12(6-3-7-13)10(14)8-4-5-9(17-8)11(15)16/h4-5,13H,2-3,6-7H2,1H3,(H,15,16). The van der Waals surface area contributed by atoms with E-state index in [0.29, 0.717) is 24.4 Å². The maximum Gasteiger partial charge on any atom is 0.345 e. The lowest BCUT2D eigenvalue weighted by atomic mass is 10.3. The van der Waals surface area contributed by atoms with Crippen LogP contribution in [0.25, 0.3) is 0 Å². The van der Waals surface area contributed by atoms with Gasteiger partial charge in [-0.25, -0.2) is 4.79 Å². The van der Waals surface area contributed by atoms with E-state index < -0.39 is 5.97 Å². The Morgan fingerprint density at radius 2 is 2.00 bits per heavy atom. The second-order valence-electron chi connectivity index (χ2n) is 3.43. The summed E-state index contributed by atoms with van der Waals surface area (Å²) >= 11 is 0.973. The zero-order valence-electron chi connectivity index (χ0n) is 9.55. The Labute approximate surface area is 103 Å². The quantitative estimate of drug-likeness (QED) is 0.805. The van der Waals surface area contributed by atoms with Gasteiger partial charge in [0, 0.05) is 19.7 Å². The molecule has 0 aliphatic carbocycles. The molecule has 0 atom stereocenters. The minimum absolute atomic E-state index is 0.0363. The highest BCUT2D eigenvalue weighted by Crippen LogP contribution is 2.18. The monoisotopic (exact) mass is 257 g/mol. The number of hydrogen-bond acceptors (Lipinski definition) is 4. The van der Waals surface area contributed by atoms with Gasteiger partial charge in [0.2, 0.25) is 0 Å². The van der Waals surface area contributed by atoms with Crippen LogP contribution in [0.4, 0.5) is 0 Å². The van der Waals surface area contributed by atoms with Crippen molar-refractivity contribution in [3.8, 4) is 0 Å². The summed E-state index contributed by atoms with van der Waals surface area (Å²) in [6.07, 6.45) is 0.525. The van der Waals surface area contributed by atoms with Crippen LogP contribution < -0.4 is 0 Å². The Kier molecular flexibility index (Phi) is 5.11. The summed E-state index contributed by atoms with van der Waals surface area (Å²) < 4.78 is 0. The Hall–Kier alpha value is -1.40. The summed E-state index contributed by atoms with van der Waals surface area (Å²) in [6, 6.07) is 2.96. The molecule has 2 N–H and O–H groups in total. The zero-order chi connectivity index (χ0) is 12.8. The van der Waals surface area contributed by atoms with Crippen LogP contribution in [0.2, 0.25) is 0 Å². The highest BCUT2D eigenvalue weighted by molar-refractivity contribution is 7.15. The highest BCUT2D eigenvalue weighted by atomic mass is 32.1. The van der Waals surface area contributed by atoms with Crippen molar-refractivity contribution < 1.29 is 19.8 Å². The number of hydrogen-bond donors (Lipinski definition) is 2. The van der Waals surface area contributed by atoms with Crippen molar-refractivity contribution in [1.82, 2.24) is 4.90 Å². The maximum absolute atomic E-state index is 12.0. The Bertz CT molecular complexity index is 402. The fraction of sp³-hybridized carbons (Fsp3) is 0.455. The molecule has 0 fully saturated rings. The van der Waals surface area contributed by atoms with Gasteiger partial charge in [-0.15, -0.1) is 11.3 Å². The molecule has 5 nitrogen and oxygen atoms in total. The summed E-state index contributed by atoms with van der Waals surface area (Å²) in [4.78, 5) is 24.8. The molecule has 0 aliphatic heterocycles. The first-order chi connectivity index (χ1) is 8.10. The van der Waals surface area contributed by atoms with E-state index in [1.54, 1.807) is 4.90 Å². The van der Waals surface area contributed by atoms with Crippen LogP contribution in [0.1, 0.15) is 32.7 Å². The van der Waals surface area contributed by atoms with Crippen molar-refractivity contribution in [2.24, 2.45) is 0 Å². The molecule has 0 saturated carbocycles. The zero-order valence-corrected chi connectivity index (χ0v) is 10.4. The minimum atomic E-state index is -1.02. The molecule has 1 aromatic heterocycles. The second-order valence-corrected chi connectivity index (χ2v) is 4.51. The molecule has 1 aromatic rings. The van der Waals surface area contributed by atoms with E-state index in [1.165, 1.54) is 12.1 Å². The van der Waals surface area contributed by atoms with E-state index in [4.69, 9.17) is 10.2 Å². The van der Waals surface area contributed by atoms with Crippen LogP contribution >= 0.6 is 11.3 Å². The number of aliphatic hydroxyl groups is 1. The van der Waals surface area contributed by atoms with E-state index in [1.807, 2.05) is 6.92 Å². The molecule has 17 heavy (non-hydrogen) atoms. The van der Waals surface area contributed by atoms with E-state index in [9.17, 15) is 9.59 Å². The average Bonchev–Trinajstić information content (AvgIpc) is 2.79. The molecule has 0 aromatic carbocycles. The van der Waals surface area contributed by atoms with Crippen LogP contribution in [0, 0.1) is 0 Å². The number of carbonyl (C=O) groups excluding carboxylic acids is 1. The molecular weight excluding hydrogens is 242 g/mol. The molecule has 0 unspecified atom stereocenters. The van der Waals surface area contributed by atoms with Gasteiger partial charge >= 0.3 is 5.97 Å². The van der Waals surface area contributed by atoms with Crippen molar-refractivity contribution >= 4 is 23.2 Å². The van der Waals surface area contributed by atoms with E-state index in [-0.39, 0.29) is 17.4 Å². The topological polar surface area (TPSA) is 77.8 Å². The fourth-order valence-corrected chi connectivity index (χ4v) is 2.20. The highest BCUT2D eigenvalue weighted by Gasteiger charge is 2.17. The smallest absolute Gasteiger partial charge is 0.345 e. The van der Waals surface area contributed by atoms with Crippen LogP contribution in [0.5, 0.6) is 0 Å². The Balaban J connectivity index is 2.75. The first-order valence-electron chi connectivity index (χ1n) is 5.33. The van der Waals surface area contributed by atoms with Crippen molar-refractivity contribution in [3.05, 3.63) is 21.9 Å². The van der Waals surface area contributed by atoms with Gasteiger partial charge in [-0.1, -0.05) is 0 Å². The van der Waals surface area contributed by atoms with Gasteiger partial charge in [-0.05, 0) is 25.5 Å². The maximum atomic E-state index is 12.0. The molecule has 1 amide bonds. The third kappa shape index (κ3) is 3.54. The van der Waals surface area contributed by atoms with Crippen LogP contribution in [0.3, 0.4) is 0 Å². The first kappa shape index (κ1) is 13.7. The summed E-state index contributed by atoms with van der Waals surface area (Å²) in [5.41, 5.74) is 0. The van der Waals surface area contributed by atoms with Gasteiger partial charge in [0.1, 0.15) is 4.88 Å². The Morgan fingerprint density at radius 3 is 2.47 bits per heavy atom. The molecule has 0 bridgehead atoms. The van der Waals surface area contributed by atoms with Crippen molar-refractivity contribution in [3.63, 3.8) is 0 Å². The van der Waals surface area contributed by atoms with Gasteiger partial charge in [-0.2, -0.15) is 0 Å². The van der Waals surface area contributed by atoms with E-state index in [2.05, 4.69) is 0 Å². The van der Waals surface area contributed by atoms with Gasteiger partial charge in [0.25, 0.3) is 5.91 Å². The average molecular weight is 257 g/mol. The van der Waals surface area contributed by atoms with E-state index >= 15 is 0 Å². The molecule has 1 rings (SSSR count). The number of nitrogens with zero attached hydrogens (tertiary/aromatic N) is 1. The van der Waals surface area contributed by atoms with Crippen molar-refractivity contribution in [1.29, 1.82) is 0 Å². The molecule has 1 heterocycles. The normalized spacial score (nSPS) is 10.2. The van der Waals surface area contributed by atoms with Crippen molar-refractivity contribution in [2.45, 2.75) is 13.3 Å².